The van der Waals surface area contributed by atoms with Crippen LogP contribution in [0.15, 0.2) is 24.3 Å². The quantitative estimate of drug-likeness (QED) is 0.300. The molecule has 0 radical (unpaired) electrons. The van der Waals surface area contributed by atoms with Crippen LogP contribution in [0.3, 0.4) is 0 Å². The number of alkyl halides is 1. The molecule has 0 aromatic heterocycles. The summed E-state index contributed by atoms with van der Waals surface area (Å²) in [6, 6.07) is 9.61. The van der Waals surface area contributed by atoms with E-state index in [4.69, 9.17) is 11.6 Å². The Balaban J connectivity index is 1.19. The number of benzene rings is 1. The van der Waals surface area contributed by atoms with Gasteiger partial charge in [0.15, 0.2) is 0 Å². The minimum absolute atomic E-state index is 0.794. The van der Waals surface area contributed by atoms with Crippen LogP contribution in [0, 0.1) is 29.6 Å². The fourth-order valence-electron chi connectivity index (χ4n) is 7.15. The van der Waals surface area contributed by atoms with Crippen LogP contribution >= 0.6 is 11.6 Å². The minimum atomic E-state index is 0.794. The lowest BCUT2D eigenvalue weighted by Gasteiger charge is -2.41. The average Bonchev–Trinajstić information content (AvgIpc) is 2.81. The molecule has 3 saturated carbocycles. The first-order valence-corrected chi connectivity index (χ1v) is 13.9. The standard InChI is InChI=1S/C29H45Cl/c1-22-5-9-24(10-6-22)26-13-17-28(18-14-26)29-19-15-27(16-20-29)25-11-7-23(8-12-25)4-2-3-21-30/h7-8,11-12,22,24,26-29H,2-6,9-10,13-21H2,1H3/t22-,24-,26-,27-,28-,29-. The Morgan fingerprint density at radius 2 is 1.10 bits per heavy atom. The van der Waals surface area contributed by atoms with Crippen molar-refractivity contribution in [3.8, 4) is 0 Å². The summed E-state index contributed by atoms with van der Waals surface area (Å²) in [5.74, 6) is 6.85. The van der Waals surface area contributed by atoms with Crippen LogP contribution < -0.4 is 0 Å². The Morgan fingerprint density at radius 3 is 1.60 bits per heavy atom. The number of halogens is 1. The monoisotopic (exact) mass is 428 g/mol. The predicted molar refractivity (Wildman–Crippen MR) is 131 cm³/mol. The first-order chi connectivity index (χ1) is 14.7. The lowest BCUT2D eigenvalue weighted by molar-refractivity contribution is 0.112. The van der Waals surface area contributed by atoms with Crippen molar-refractivity contribution in [2.75, 3.05) is 5.88 Å². The molecular formula is C29H45Cl. The first kappa shape index (κ1) is 22.7. The molecule has 0 unspecified atom stereocenters. The Labute approximate surface area is 191 Å². The van der Waals surface area contributed by atoms with Crippen LogP contribution in [0.2, 0.25) is 0 Å². The highest BCUT2D eigenvalue weighted by Crippen LogP contribution is 2.47. The molecule has 1 aromatic carbocycles. The van der Waals surface area contributed by atoms with Gasteiger partial charge in [-0.3, -0.25) is 0 Å². The van der Waals surface area contributed by atoms with Crippen LogP contribution in [0.25, 0.3) is 0 Å². The minimum Gasteiger partial charge on any atom is -0.127 e. The van der Waals surface area contributed by atoms with Gasteiger partial charge in [0.2, 0.25) is 0 Å². The van der Waals surface area contributed by atoms with Crippen molar-refractivity contribution in [1.82, 2.24) is 0 Å². The molecule has 0 atom stereocenters. The van der Waals surface area contributed by atoms with Gasteiger partial charge >= 0.3 is 0 Å². The second-order valence-corrected chi connectivity index (χ2v) is 11.6. The van der Waals surface area contributed by atoms with Gasteiger partial charge in [0.25, 0.3) is 0 Å². The van der Waals surface area contributed by atoms with E-state index in [1.165, 1.54) is 69.8 Å². The molecule has 30 heavy (non-hydrogen) atoms. The van der Waals surface area contributed by atoms with Gasteiger partial charge < -0.3 is 0 Å². The van der Waals surface area contributed by atoms with E-state index in [1.54, 1.807) is 31.2 Å². The zero-order chi connectivity index (χ0) is 20.8. The molecule has 0 amide bonds. The van der Waals surface area contributed by atoms with Crippen LogP contribution in [0.5, 0.6) is 0 Å². The maximum absolute atomic E-state index is 5.81. The van der Waals surface area contributed by atoms with E-state index in [9.17, 15) is 0 Å². The number of hydrogen-bond acceptors (Lipinski definition) is 0. The van der Waals surface area contributed by atoms with Gasteiger partial charge in [0.1, 0.15) is 0 Å². The molecule has 0 saturated heterocycles. The third kappa shape index (κ3) is 6.05. The van der Waals surface area contributed by atoms with E-state index in [-0.39, 0.29) is 0 Å². The smallest absolute Gasteiger partial charge is 0.0223 e. The highest BCUT2D eigenvalue weighted by molar-refractivity contribution is 6.17. The number of unbranched alkanes of at least 4 members (excludes halogenated alkanes) is 1. The third-order valence-electron chi connectivity index (χ3n) is 9.28. The first-order valence-electron chi connectivity index (χ1n) is 13.4. The molecular weight excluding hydrogens is 384 g/mol. The van der Waals surface area contributed by atoms with Gasteiger partial charge in [0, 0.05) is 5.88 Å². The van der Waals surface area contributed by atoms with Crippen molar-refractivity contribution in [1.29, 1.82) is 0 Å². The fourth-order valence-corrected chi connectivity index (χ4v) is 7.34. The summed E-state index contributed by atoms with van der Waals surface area (Å²) in [4.78, 5) is 0. The van der Waals surface area contributed by atoms with Crippen molar-refractivity contribution < 1.29 is 0 Å². The molecule has 0 spiro atoms. The molecule has 0 N–H and O–H groups in total. The lowest BCUT2D eigenvalue weighted by atomic mass is 9.65. The largest absolute Gasteiger partial charge is 0.127 e. The summed E-state index contributed by atoms with van der Waals surface area (Å²) >= 11 is 5.81. The van der Waals surface area contributed by atoms with Crippen molar-refractivity contribution in [3.05, 3.63) is 35.4 Å². The maximum atomic E-state index is 5.81. The van der Waals surface area contributed by atoms with Gasteiger partial charge in [-0.1, -0.05) is 44.0 Å². The fraction of sp³-hybridized carbons (Fsp3) is 0.793. The van der Waals surface area contributed by atoms with E-state index in [0.29, 0.717) is 0 Å². The second-order valence-electron chi connectivity index (χ2n) is 11.2. The molecule has 3 fully saturated rings. The highest BCUT2D eigenvalue weighted by Gasteiger charge is 2.34. The van der Waals surface area contributed by atoms with E-state index >= 15 is 0 Å². The van der Waals surface area contributed by atoms with Gasteiger partial charge in [-0.2, -0.15) is 0 Å². The predicted octanol–water partition coefficient (Wildman–Crippen LogP) is 9.15. The lowest BCUT2D eigenvalue weighted by Crippen LogP contribution is -2.29. The number of hydrogen-bond donors (Lipinski definition) is 0. The Bertz CT molecular complexity index is 596. The normalized spacial score (nSPS) is 35.3. The summed E-state index contributed by atoms with van der Waals surface area (Å²) in [5, 5.41) is 0. The van der Waals surface area contributed by atoms with Gasteiger partial charge in [0.05, 0.1) is 0 Å². The molecule has 0 bridgehead atoms. The molecule has 4 rings (SSSR count). The second kappa shape index (κ2) is 11.4. The average molecular weight is 429 g/mol. The summed E-state index contributed by atoms with van der Waals surface area (Å²) in [5.41, 5.74) is 3.09. The van der Waals surface area contributed by atoms with E-state index in [1.807, 2.05) is 0 Å². The van der Waals surface area contributed by atoms with Gasteiger partial charge in [-0.25, -0.2) is 0 Å². The summed E-state index contributed by atoms with van der Waals surface area (Å²) in [6.45, 7) is 2.46. The summed E-state index contributed by atoms with van der Waals surface area (Å²) < 4.78 is 0. The van der Waals surface area contributed by atoms with Crippen LogP contribution in [0.4, 0.5) is 0 Å². The molecule has 3 aliphatic carbocycles. The van der Waals surface area contributed by atoms with Gasteiger partial charge in [-0.15, -0.1) is 11.6 Å². The molecule has 0 heterocycles. The van der Waals surface area contributed by atoms with Crippen molar-refractivity contribution in [2.45, 2.75) is 109 Å². The van der Waals surface area contributed by atoms with E-state index < -0.39 is 0 Å². The van der Waals surface area contributed by atoms with E-state index in [2.05, 4.69) is 31.2 Å². The zero-order valence-corrected chi connectivity index (χ0v) is 20.2. The number of rotatable bonds is 7. The number of aryl methyl sites for hydroxylation is 1. The third-order valence-corrected chi connectivity index (χ3v) is 9.55. The maximum Gasteiger partial charge on any atom is 0.0223 e. The van der Waals surface area contributed by atoms with Crippen LogP contribution in [0.1, 0.15) is 114 Å². The van der Waals surface area contributed by atoms with E-state index in [0.717, 1.165) is 47.8 Å². The molecule has 168 valence electrons. The molecule has 3 aliphatic rings. The Kier molecular flexibility index (Phi) is 8.62. The van der Waals surface area contributed by atoms with Crippen LogP contribution in [-0.4, -0.2) is 5.88 Å². The zero-order valence-electron chi connectivity index (χ0n) is 19.5. The Hall–Kier alpha value is -0.490. The molecule has 1 aromatic rings. The SMILES string of the molecule is C[C@H]1CC[C@H]([C@H]2CC[C@H]([C@H]3CC[C@H](c4ccc(CCCCCl)cc4)CC3)CC2)CC1. The Morgan fingerprint density at radius 1 is 0.633 bits per heavy atom. The van der Waals surface area contributed by atoms with Crippen molar-refractivity contribution in [2.24, 2.45) is 29.6 Å². The topological polar surface area (TPSA) is 0 Å². The molecule has 0 nitrogen and oxygen atoms in total. The molecule has 1 heteroatoms. The summed E-state index contributed by atoms with van der Waals surface area (Å²) in [7, 11) is 0. The highest BCUT2D eigenvalue weighted by atomic mass is 35.5. The van der Waals surface area contributed by atoms with Crippen molar-refractivity contribution in [3.63, 3.8) is 0 Å². The summed E-state index contributed by atoms with van der Waals surface area (Å²) in [6.07, 6.45) is 21.6. The van der Waals surface area contributed by atoms with Crippen LogP contribution in [-0.2, 0) is 6.42 Å². The van der Waals surface area contributed by atoms with Crippen molar-refractivity contribution >= 4 is 11.6 Å². The van der Waals surface area contributed by atoms with Gasteiger partial charge in [-0.05, 0) is 130 Å². The molecule has 0 aliphatic heterocycles.